The predicted octanol–water partition coefficient (Wildman–Crippen LogP) is 1.89. The van der Waals surface area contributed by atoms with Gasteiger partial charge in [-0.25, -0.2) is 9.59 Å². The van der Waals surface area contributed by atoms with Crippen molar-refractivity contribution in [1.29, 1.82) is 0 Å². The largest absolute Gasteiger partial charge is 0.481 e. The van der Waals surface area contributed by atoms with Gasteiger partial charge < -0.3 is 19.3 Å². The minimum absolute atomic E-state index is 0.0202. The molecule has 0 unspecified atom stereocenters. The summed E-state index contributed by atoms with van der Waals surface area (Å²) in [6, 6.07) is 0. The first-order valence-corrected chi connectivity index (χ1v) is 5.98. The van der Waals surface area contributed by atoms with Gasteiger partial charge >= 0.3 is 11.9 Å². The molecule has 0 amide bonds. The molecule has 0 aliphatic rings. The average molecular weight is 284 g/mol. The van der Waals surface area contributed by atoms with Crippen molar-refractivity contribution in [3.8, 4) is 0 Å². The summed E-state index contributed by atoms with van der Waals surface area (Å²) >= 11 is 0. The Labute approximate surface area is 118 Å². The molecule has 1 N–H and O–H groups in total. The highest BCUT2D eigenvalue weighted by Gasteiger charge is 2.33. The third-order valence-electron chi connectivity index (χ3n) is 2.67. The van der Waals surface area contributed by atoms with Crippen LogP contribution in [-0.2, 0) is 23.8 Å². The quantitative estimate of drug-likeness (QED) is 0.375. The highest BCUT2D eigenvalue weighted by Crippen LogP contribution is 2.25. The summed E-state index contributed by atoms with van der Waals surface area (Å²) in [6.45, 7) is 11.5. The second-order valence-electron chi connectivity index (χ2n) is 4.16. The lowest BCUT2D eigenvalue weighted by Crippen LogP contribution is -2.38. The van der Waals surface area contributed by atoms with E-state index >= 15 is 0 Å². The summed E-state index contributed by atoms with van der Waals surface area (Å²) in [4.78, 5) is 22.3. The molecule has 0 aromatic rings. The second kappa shape index (κ2) is 8.79. The van der Waals surface area contributed by atoms with Crippen LogP contribution in [0.5, 0.6) is 0 Å². The molecular weight excluding hydrogens is 264 g/mol. The normalized spacial score (nSPS) is 10.2. The summed E-state index contributed by atoms with van der Waals surface area (Å²) in [5, 5.41) is 8.99. The number of aliphatic hydroxyl groups is 1. The van der Waals surface area contributed by atoms with Gasteiger partial charge in [-0.15, -0.1) is 0 Å². The fraction of sp³-hybridized carbons (Fsp3) is 0.429. The lowest BCUT2D eigenvalue weighted by Gasteiger charge is -2.30. The summed E-state index contributed by atoms with van der Waals surface area (Å²) in [7, 11) is 0. The van der Waals surface area contributed by atoms with Gasteiger partial charge in [0.1, 0.15) is 19.8 Å². The molecule has 0 rings (SSSR count). The monoisotopic (exact) mass is 284 g/mol. The number of rotatable bonds is 10. The predicted molar refractivity (Wildman–Crippen MR) is 72.8 cm³/mol. The summed E-state index contributed by atoms with van der Waals surface area (Å²) in [5.41, 5.74) is -0.789. The van der Waals surface area contributed by atoms with Crippen LogP contribution in [-0.4, -0.2) is 36.9 Å². The second-order valence-corrected chi connectivity index (χ2v) is 4.16. The van der Waals surface area contributed by atoms with Gasteiger partial charge in [0, 0.05) is 12.2 Å². The highest BCUT2D eigenvalue weighted by atomic mass is 16.6. The maximum Gasteiger partial charge on any atom is 0.330 e. The molecule has 6 nitrogen and oxygen atoms in total. The van der Waals surface area contributed by atoms with Crippen LogP contribution in [0.4, 0.5) is 0 Å². The van der Waals surface area contributed by atoms with Crippen molar-refractivity contribution in [2.24, 2.45) is 5.41 Å². The molecule has 20 heavy (non-hydrogen) atoms. The Balaban J connectivity index is 4.79. The maximum atomic E-state index is 11.1. The fourth-order valence-corrected chi connectivity index (χ4v) is 1.23. The van der Waals surface area contributed by atoms with E-state index in [0.29, 0.717) is 6.42 Å². The Kier molecular flexibility index (Phi) is 7.81. The first kappa shape index (κ1) is 17.8. The molecule has 0 fully saturated rings. The Hall–Kier alpha value is -2.24. The van der Waals surface area contributed by atoms with Gasteiger partial charge in [0.05, 0.1) is 5.41 Å². The fourth-order valence-electron chi connectivity index (χ4n) is 1.23. The van der Waals surface area contributed by atoms with Crippen LogP contribution < -0.4 is 0 Å². The van der Waals surface area contributed by atoms with Gasteiger partial charge in [-0.2, -0.15) is 0 Å². The van der Waals surface area contributed by atoms with E-state index < -0.39 is 23.3 Å². The molecule has 112 valence electrons. The first-order valence-electron chi connectivity index (χ1n) is 5.98. The highest BCUT2D eigenvalue weighted by molar-refractivity contribution is 5.81. The van der Waals surface area contributed by atoms with Crippen molar-refractivity contribution >= 4 is 11.9 Å². The zero-order valence-electron chi connectivity index (χ0n) is 11.6. The van der Waals surface area contributed by atoms with Crippen LogP contribution in [0.1, 0.15) is 13.3 Å². The number of esters is 2. The van der Waals surface area contributed by atoms with E-state index in [1.807, 2.05) is 6.92 Å². The van der Waals surface area contributed by atoms with Crippen LogP contribution in [0.25, 0.3) is 0 Å². The smallest absolute Gasteiger partial charge is 0.330 e. The lowest BCUT2D eigenvalue weighted by molar-refractivity contribution is -0.151. The molecule has 0 radical (unpaired) electrons. The Morgan fingerprint density at radius 3 is 1.75 bits per heavy atom. The summed E-state index contributed by atoms with van der Waals surface area (Å²) < 4.78 is 14.9. The van der Waals surface area contributed by atoms with Crippen LogP contribution in [0, 0.1) is 5.41 Å². The molecule has 0 aromatic carbocycles. The minimum Gasteiger partial charge on any atom is -0.481 e. The molecule has 6 heteroatoms. The minimum atomic E-state index is -0.789. The molecule has 0 spiro atoms. The van der Waals surface area contributed by atoms with Gasteiger partial charge in [0.15, 0.2) is 0 Å². The molecule has 0 aliphatic carbocycles. The van der Waals surface area contributed by atoms with E-state index in [1.165, 1.54) is 0 Å². The Morgan fingerprint density at radius 2 is 1.45 bits per heavy atom. The number of hydrogen-bond donors (Lipinski definition) is 1. The van der Waals surface area contributed by atoms with E-state index in [9.17, 15) is 9.59 Å². The Morgan fingerprint density at radius 1 is 1.05 bits per heavy atom. The van der Waals surface area contributed by atoms with Crippen LogP contribution in [0.15, 0.2) is 37.8 Å². The standard InChI is InChI=1S/C14H20O6/c1-5-12(16)19-9-14(7-3,8-18-11(4)15)10-20-13(17)6-2/h5-6,15H,1-2,4,7-10H2,3H3. The molecule has 0 atom stereocenters. The zero-order valence-corrected chi connectivity index (χ0v) is 11.6. The van der Waals surface area contributed by atoms with Gasteiger partial charge in [0.2, 0.25) is 0 Å². The third kappa shape index (κ3) is 6.63. The maximum absolute atomic E-state index is 11.1. The van der Waals surface area contributed by atoms with Crippen LogP contribution >= 0.6 is 0 Å². The Bertz CT molecular complexity index is 361. The number of ether oxygens (including phenoxy) is 3. The van der Waals surface area contributed by atoms with E-state index in [2.05, 4.69) is 19.7 Å². The number of carbonyl (C=O) groups excluding carboxylic acids is 2. The lowest BCUT2D eigenvalue weighted by atomic mass is 9.88. The van der Waals surface area contributed by atoms with Gasteiger partial charge in [0.25, 0.3) is 5.95 Å². The number of carbonyl (C=O) groups is 2. The topological polar surface area (TPSA) is 82.1 Å². The molecule has 0 saturated carbocycles. The van der Waals surface area contributed by atoms with Crippen molar-refractivity contribution < 1.29 is 28.9 Å². The average Bonchev–Trinajstić information content (AvgIpc) is 2.46. The van der Waals surface area contributed by atoms with Gasteiger partial charge in [-0.05, 0) is 13.0 Å². The van der Waals surface area contributed by atoms with E-state index in [4.69, 9.17) is 19.3 Å². The third-order valence-corrected chi connectivity index (χ3v) is 2.67. The molecule has 0 heterocycles. The molecule has 0 aliphatic heterocycles. The molecule has 0 bridgehead atoms. The van der Waals surface area contributed by atoms with E-state index in [1.54, 1.807) is 0 Å². The summed E-state index contributed by atoms with van der Waals surface area (Å²) in [6.07, 6.45) is 2.54. The number of aliphatic hydroxyl groups excluding tert-OH is 1. The van der Waals surface area contributed by atoms with Crippen molar-refractivity contribution in [1.82, 2.24) is 0 Å². The number of hydrogen-bond acceptors (Lipinski definition) is 6. The first-order chi connectivity index (χ1) is 9.39. The molecule has 0 aromatic heterocycles. The van der Waals surface area contributed by atoms with Crippen molar-refractivity contribution in [2.75, 3.05) is 19.8 Å². The van der Waals surface area contributed by atoms with Crippen molar-refractivity contribution in [3.05, 3.63) is 37.8 Å². The SMILES string of the molecule is C=CC(=O)OCC(CC)(COC(=C)O)COC(=O)C=C. The van der Waals surface area contributed by atoms with Crippen molar-refractivity contribution in [3.63, 3.8) is 0 Å². The summed E-state index contributed by atoms with van der Waals surface area (Å²) in [5.74, 6) is -1.66. The van der Waals surface area contributed by atoms with Crippen LogP contribution in [0.3, 0.4) is 0 Å². The van der Waals surface area contributed by atoms with Crippen LogP contribution in [0.2, 0.25) is 0 Å². The zero-order chi connectivity index (χ0) is 15.6. The van der Waals surface area contributed by atoms with E-state index in [-0.39, 0.29) is 19.8 Å². The van der Waals surface area contributed by atoms with Gasteiger partial charge in [-0.3, -0.25) is 0 Å². The molecular formula is C14H20O6. The van der Waals surface area contributed by atoms with Crippen molar-refractivity contribution in [2.45, 2.75) is 13.3 Å². The van der Waals surface area contributed by atoms with E-state index in [0.717, 1.165) is 12.2 Å². The van der Waals surface area contributed by atoms with Gasteiger partial charge in [-0.1, -0.05) is 20.1 Å². The molecule has 0 saturated heterocycles.